The molecule has 0 aromatic heterocycles. The third-order valence-corrected chi connectivity index (χ3v) is 0. The summed E-state index contributed by atoms with van der Waals surface area (Å²) in [5.41, 5.74) is -2.25. The van der Waals surface area contributed by atoms with Crippen molar-refractivity contribution in [3.63, 3.8) is 0 Å². The van der Waals surface area contributed by atoms with E-state index in [1.54, 1.807) is 83.1 Å². The van der Waals surface area contributed by atoms with Crippen molar-refractivity contribution >= 4 is 0 Å². The first-order chi connectivity index (χ1) is 8.00. The first-order valence-electron chi connectivity index (χ1n) is 6.87. The van der Waals surface area contributed by atoms with Crippen molar-refractivity contribution < 1.29 is 62.2 Å². The molecule has 4 nitrogen and oxygen atoms in total. The summed E-state index contributed by atoms with van der Waals surface area (Å²) in [4.78, 5) is 0. The van der Waals surface area contributed by atoms with Gasteiger partial charge < -0.3 is 20.4 Å². The van der Waals surface area contributed by atoms with Crippen molar-refractivity contribution in [2.45, 2.75) is 105 Å². The molecule has 0 aliphatic heterocycles. The molecular formula is C16H39CeO4-. The predicted molar refractivity (Wildman–Crippen MR) is 85.7 cm³/mol. The molecule has 0 spiro atoms. The van der Waals surface area contributed by atoms with Gasteiger partial charge in [0.25, 0.3) is 0 Å². The standard InChI is InChI=1S/3C4H10O.C4H9O.Ce/c4*1-4(2,3)5;/h3*5H,1-3H3;1-3H3;/q;;;-1;. The molecule has 0 aliphatic carbocycles. The van der Waals surface area contributed by atoms with Gasteiger partial charge in [0.15, 0.2) is 0 Å². The van der Waals surface area contributed by atoms with Crippen LogP contribution in [0.2, 0.25) is 0 Å². The molecule has 0 radical (unpaired) electrons. The SMILES string of the molecule is CC(C)(C)O.CC(C)(C)O.CC(C)(C)O.CC(C)(C)[O-].[Ce]. The zero-order valence-electron chi connectivity index (χ0n) is 16.2. The van der Waals surface area contributed by atoms with Crippen molar-refractivity contribution in [2.24, 2.45) is 0 Å². The van der Waals surface area contributed by atoms with Crippen LogP contribution >= 0.6 is 0 Å². The molecule has 0 aromatic rings. The third-order valence-electron chi connectivity index (χ3n) is 0. The van der Waals surface area contributed by atoms with Gasteiger partial charge in [-0.05, 0) is 62.3 Å². The second kappa shape index (κ2) is 13.6. The molecule has 0 unspecified atom stereocenters. The first-order valence-corrected chi connectivity index (χ1v) is 6.87. The summed E-state index contributed by atoms with van der Waals surface area (Å²) in [5, 5.41) is 35.7. The zero-order valence-corrected chi connectivity index (χ0v) is 19.4. The van der Waals surface area contributed by atoms with E-state index in [1.165, 1.54) is 0 Å². The second-order valence-electron chi connectivity index (χ2n) is 8.62. The minimum Gasteiger partial charge on any atom is -0.850 e. The summed E-state index contributed by atoms with van der Waals surface area (Å²) in [6.07, 6.45) is 0. The minimum absolute atomic E-state index is 0. The van der Waals surface area contributed by atoms with Crippen LogP contribution in [0.1, 0.15) is 83.1 Å². The Kier molecular flexibility index (Phi) is 21.9. The van der Waals surface area contributed by atoms with Crippen LogP contribution in [0.25, 0.3) is 0 Å². The Bertz CT molecular complexity index is 130. The summed E-state index contributed by atoms with van der Waals surface area (Å²) >= 11 is 0. The van der Waals surface area contributed by atoms with Gasteiger partial charge in [0.1, 0.15) is 0 Å². The number of hydrogen-bond donors (Lipinski definition) is 3. The normalized spacial score (nSPS) is 11.4. The van der Waals surface area contributed by atoms with Gasteiger partial charge in [-0.25, -0.2) is 0 Å². The van der Waals surface area contributed by atoms with Gasteiger partial charge in [0.2, 0.25) is 0 Å². The van der Waals surface area contributed by atoms with E-state index in [0.29, 0.717) is 0 Å². The second-order valence-corrected chi connectivity index (χ2v) is 8.62. The van der Waals surface area contributed by atoms with E-state index in [4.69, 9.17) is 15.3 Å². The first kappa shape index (κ1) is 33.7. The molecule has 5 heteroatoms. The maximum atomic E-state index is 10.1. The van der Waals surface area contributed by atoms with Crippen LogP contribution < -0.4 is 5.11 Å². The van der Waals surface area contributed by atoms with E-state index in [1.807, 2.05) is 0 Å². The number of aliphatic hydroxyl groups is 3. The number of rotatable bonds is 0. The Morgan fingerprint density at radius 1 is 0.476 bits per heavy atom. The average molecular weight is 436 g/mol. The minimum atomic E-state index is -0.750. The van der Waals surface area contributed by atoms with Gasteiger partial charge in [-0.3, -0.25) is 0 Å². The van der Waals surface area contributed by atoms with E-state index in [0.717, 1.165) is 0 Å². The van der Waals surface area contributed by atoms with Crippen molar-refractivity contribution in [1.82, 2.24) is 0 Å². The smallest absolute Gasteiger partial charge is 0.0563 e. The predicted octanol–water partition coefficient (Wildman–Crippen LogP) is 2.48. The van der Waals surface area contributed by atoms with Gasteiger partial charge in [0, 0.05) is 41.7 Å². The molecule has 0 fully saturated rings. The molecule has 0 rings (SSSR count). The van der Waals surface area contributed by atoms with Crippen LogP contribution in [-0.2, 0) is 0 Å². The van der Waals surface area contributed by atoms with E-state index in [2.05, 4.69) is 0 Å². The molecule has 0 saturated heterocycles. The molecule has 0 aromatic carbocycles. The summed E-state index contributed by atoms with van der Waals surface area (Å²) in [7, 11) is 0. The molecule has 0 amide bonds. The molecular weight excluding hydrogens is 396 g/mol. The molecule has 0 aliphatic rings. The molecule has 21 heavy (non-hydrogen) atoms. The van der Waals surface area contributed by atoms with Crippen LogP contribution in [0, 0.1) is 41.7 Å². The number of hydrogen-bond acceptors (Lipinski definition) is 4. The summed E-state index contributed by atoms with van der Waals surface area (Å²) < 4.78 is 0. The van der Waals surface area contributed by atoms with Gasteiger partial charge in [-0.1, -0.05) is 20.8 Å². The van der Waals surface area contributed by atoms with Crippen LogP contribution in [0.15, 0.2) is 0 Å². The van der Waals surface area contributed by atoms with E-state index in [-0.39, 0.29) is 41.7 Å². The molecule has 0 atom stereocenters. The van der Waals surface area contributed by atoms with Crippen LogP contribution in [0.3, 0.4) is 0 Å². The Morgan fingerprint density at radius 2 is 0.476 bits per heavy atom. The quantitative estimate of drug-likeness (QED) is 0.546. The van der Waals surface area contributed by atoms with Crippen molar-refractivity contribution in [3.8, 4) is 0 Å². The van der Waals surface area contributed by atoms with E-state index < -0.39 is 22.4 Å². The molecule has 0 heterocycles. The summed E-state index contributed by atoms with van der Waals surface area (Å²) in [6.45, 7) is 20.6. The van der Waals surface area contributed by atoms with Gasteiger partial charge in [0.05, 0.1) is 16.8 Å². The van der Waals surface area contributed by atoms with Crippen molar-refractivity contribution in [3.05, 3.63) is 0 Å². The topological polar surface area (TPSA) is 83.8 Å². The fraction of sp³-hybridized carbons (Fsp3) is 1.00. The molecule has 0 saturated carbocycles. The summed E-state index contributed by atoms with van der Waals surface area (Å²) in [5.74, 6) is 0. The third kappa shape index (κ3) is 5290. The fourth-order valence-electron chi connectivity index (χ4n) is 0. The van der Waals surface area contributed by atoms with Crippen LogP contribution in [0.5, 0.6) is 0 Å². The Morgan fingerprint density at radius 3 is 0.476 bits per heavy atom. The molecule has 3 N–H and O–H groups in total. The Labute approximate surface area is 166 Å². The van der Waals surface area contributed by atoms with E-state index in [9.17, 15) is 5.11 Å². The van der Waals surface area contributed by atoms with E-state index >= 15 is 0 Å². The van der Waals surface area contributed by atoms with Gasteiger partial charge >= 0.3 is 0 Å². The Hall–Kier alpha value is 1.22. The fourth-order valence-corrected chi connectivity index (χ4v) is 0. The monoisotopic (exact) mass is 435 g/mol. The zero-order chi connectivity index (χ0) is 18.0. The summed E-state index contributed by atoms with van der Waals surface area (Å²) in [6, 6.07) is 0. The largest absolute Gasteiger partial charge is 0.850 e. The van der Waals surface area contributed by atoms with Gasteiger partial charge in [-0.2, -0.15) is 0 Å². The van der Waals surface area contributed by atoms with Crippen molar-refractivity contribution in [2.75, 3.05) is 0 Å². The van der Waals surface area contributed by atoms with Crippen LogP contribution in [-0.4, -0.2) is 37.7 Å². The maximum Gasteiger partial charge on any atom is 0.0563 e. The molecule has 132 valence electrons. The molecule has 0 bridgehead atoms. The maximum absolute atomic E-state index is 10.1. The van der Waals surface area contributed by atoms with Crippen molar-refractivity contribution in [1.29, 1.82) is 0 Å². The Balaban J connectivity index is -0.0000000533. The average Bonchev–Trinajstić information content (AvgIpc) is 1.62. The van der Waals surface area contributed by atoms with Gasteiger partial charge in [-0.15, -0.1) is 5.60 Å². The van der Waals surface area contributed by atoms with Crippen LogP contribution in [0.4, 0.5) is 0 Å².